The molecule has 1 aromatic carbocycles. The Labute approximate surface area is 175 Å². The summed E-state index contributed by atoms with van der Waals surface area (Å²) in [5, 5.41) is 1.48. The van der Waals surface area contributed by atoms with E-state index in [9.17, 15) is 14.4 Å². The van der Waals surface area contributed by atoms with E-state index < -0.39 is 41.1 Å². The van der Waals surface area contributed by atoms with Gasteiger partial charge >= 0.3 is 12.1 Å². The molecule has 3 rings (SSSR count). The Morgan fingerprint density at radius 1 is 1.23 bits per heavy atom. The van der Waals surface area contributed by atoms with Crippen molar-refractivity contribution in [3.8, 4) is 0 Å². The molecule has 9 heteroatoms. The number of carbonyl (C=O) groups excluding carboxylic acids is 3. The summed E-state index contributed by atoms with van der Waals surface area (Å²) in [5.41, 5.74) is -1.77. The fourth-order valence-electron chi connectivity index (χ4n) is 3.85. The number of likely N-dealkylation sites (tertiary alicyclic amines) is 1. The van der Waals surface area contributed by atoms with E-state index in [1.165, 1.54) is 12.2 Å². The van der Waals surface area contributed by atoms with Crippen LogP contribution in [0, 0.1) is 5.92 Å². The Morgan fingerprint density at radius 2 is 1.90 bits per heavy atom. The van der Waals surface area contributed by atoms with Gasteiger partial charge in [-0.25, -0.2) is 14.5 Å². The number of esters is 1. The maximum absolute atomic E-state index is 13.2. The standard InChI is InChI=1S/C21H28N2O7/c1-20(2,3)29-19(26)23-17(24)15-11-22(4)30-16(15)21(23,18(25)27-5)13-28-12-14-9-7-6-8-10-14/h6-10,15-16H,11-13H2,1-5H3/t15-,16+,21+/m0/s1. The zero-order valence-corrected chi connectivity index (χ0v) is 17.9. The molecule has 0 aromatic heterocycles. The van der Waals surface area contributed by atoms with E-state index in [1.54, 1.807) is 27.8 Å². The van der Waals surface area contributed by atoms with Crippen LogP contribution in [0.15, 0.2) is 30.3 Å². The fraction of sp³-hybridized carbons (Fsp3) is 0.571. The van der Waals surface area contributed by atoms with Gasteiger partial charge in [-0.2, -0.15) is 5.06 Å². The van der Waals surface area contributed by atoms with E-state index in [1.807, 2.05) is 30.3 Å². The summed E-state index contributed by atoms with van der Waals surface area (Å²) in [6.07, 6.45) is -1.87. The molecule has 0 radical (unpaired) electrons. The van der Waals surface area contributed by atoms with Gasteiger partial charge in [0.15, 0.2) is 0 Å². The molecule has 3 atom stereocenters. The van der Waals surface area contributed by atoms with Crippen LogP contribution in [-0.4, -0.2) is 72.5 Å². The number of ether oxygens (including phenoxy) is 3. The third-order valence-electron chi connectivity index (χ3n) is 5.07. The molecular weight excluding hydrogens is 392 g/mol. The first-order chi connectivity index (χ1) is 14.1. The molecule has 2 amide bonds. The van der Waals surface area contributed by atoms with Crippen molar-refractivity contribution in [2.24, 2.45) is 5.92 Å². The zero-order valence-electron chi connectivity index (χ0n) is 17.9. The molecule has 1 aromatic rings. The molecule has 2 aliphatic rings. The van der Waals surface area contributed by atoms with Crippen molar-refractivity contribution in [2.45, 2.75) is 44.6 Å². The van der Waals surface area contributed by atoms with Crippen molar-refractivity contribution >= 4 is 18.0 Å². The second-order valence-corrected chi connectivity index (χ2v) is 8.49. The van der Waals surface area contributed by atoms with Gasteiger partial charge in [0.25, 0.3) is 0 Å². The van der Waals surface area contributed by atoms with E-state index >= 15 is 0 Å². The van der Waals surface area contributed by atoms with Crippen LogP contribution in [0.25, 0.3) is 0 Å². The minimum absolute atomic E-state index is 0.184. The van der Waals surface area contributed by atoms with E-state index in [0.29, 0.717) is 0 Å². The van der Waals surface area contributed by atoms with Crippen LogP contribution in [0.4, 0.5) is 4.79 Å². The summed E-state index contributed by atoms with van der Waals surface area (Å²) < 4.78 is 16.3. The molecule has 2 aliphatic heterocycles. The number of fused-ring (bicyclic) bond motifs is 1. The lowest BCUT2D eigenvalue weighted by Gasteiger charge is -2.37. The van der Waals surface area contributed by atoms with Crippen LogP contribution in [0.5, 0.6) is 0 Å². The topological polar surface area (TPSA) is 94.6 Å². The maximum atomic E-state index is 13.2. The molecule has 0 aliphatic carbocycles. The van der Waals surface area contributed by atoms with Crippen LogP contribution in [-0.2, 0) is 35.2 Å². The molecule has 0 saturated carbocycles. The van der Waals surface area contributed by atoms with Gasteiger partial charge in [-0.05, 0) is 26.3 Å². The first kappa shape index (κ1) is 22.2. The van der Waals surface area contributed by atoms with Crippen LogP contribution >= 0.6 is 0 Å². The van der Waals surface area contributed by atoms with E-state index in [2.05, 4.69) is 0 Å². The smallest absolute Gasteiger partial charge is 0.418 e. The molecular formula is C21H28N2O7. The lowest BCUT2D eigenvalue weighted by atomic mass is 9.89. The quantitative estimate of drug-likeness (QED) is 0.665. The lowest BCUT2D eigenvalue weighted by Crippen LogP contribution is -2.64. The molecule has 0 spiro atoms. The molecule has 0 bridgehead atoms. The second kappa shape index (κ2) is 8.33. The van der Waals surface area contributed by atoms with Crippen molar-refractivity contribution in [2.75, 3.05) is 27.3 Å². The summed E-state index contributed by atoms with van der Waals surface area (Å²) in [6.45, 7) is 5.19. The summed E-state index contributed by atoms with van der Waals surface area (Å²) in [6, 6.07) is 9.36. The first-order valence-corrected chi connectivity index (χ1v) is 9.75. The Balaban J connectivity index is 1.96. The molecule has 0 N–H and O–H groups in total. The molecule has 2 fully saturated rings. The van der Waals surface area contributed by atoms with Crippen molar-refractivity contribution in [1.82, 2.24) is 9.96 Å². The second-order valence-electron chi connectivity index (χ2n) is 8.49. The van der Waals surface area contributed by atoms with Crippen LogP contribution in [0.1, 0.15) is 26.3 Å². The Bertz CT molecular complexity index is 807. The number of amides is 2. The van der Waals surface area contributed by atoms with Crippen molar-refractivity contribution in [3.05, 3.63) is 35.9 Å². The van der Waals surface area contributed by atoms with Gasteiger partial charge in [0.05, 0.1) is 26.2 Å². The van der Waals surface area contributed by atoms with Crippen molar-refractivity contribution in [1.29, 1.82) is 0 Å². The Hall–Kier alpha value is -2.49. The molecule has 30 heavy (non-hydrogen) atoms. The zero-order chi connectivity index (χ0) is 22.1. The highest BCUT2D eigenvalue weighted by Gasteiger charge is 2.70. The van der Waals surface area contributed by atoms with Gasteiger partial charge in [-0.3, -0.25) is 9.63 Å². The van der Waals surface area contributed by atoms with Gasteiger partial charge in [0.1, 0.15) is 11.7 Å². The van der Waals surface area contributed by atoms with Gasteiger partial charge in [0, 0.05) is 13.6 Å². The highest BCUT2D eigenvalue weighted by molar-refractivity contribution is 6.04. The largest absolute Gasteiger partial charge is 0.467 e. The predicted molar refractivity (Wildman–Crippen MR) is 105 cm³/mol. The molecule has 0 unspecified atom stereocenters. The normalized spacial score (nSPS) is 26.6. The number of benzene rings is 1. The highest BCUT2D eigenvalue weighted by Crippen LogP contribution is 2.43. The van der Waals surface area contributed by atoms with Crippen molar-refractivity contribution < 1.29 is 33.4 Å². The highest BCUT2D eigenvalue weighted by atomic mass is 16.7. The number of nitrogens with zero attached hydrogens (tertiary/aromatic N) is 2. The summed E-state index contributed by atoms with van der Waals surface area (Å²) >= 11 is 0. The molecule has 2 saturated heterocycles. The number of rotatable bonds is 5. The molecule has 9 nitrogen and oxygen atoms in total. The number of hydrogen-bond donors (Lipinski definition) is 0. The summed E-state index contributed by atoms with van der Waals surface area (Å²) in [5.74, 6) is -2.06. The minimum Gasteiger partial charge on any atom is -0.467 e. The summed E-state index contributed by atoms with van der Waals surface area (Å²) in [7, 11) is 2.86. The third-order valence-corrected chi connectivity index (χ3v) is 5.07. The van der Waals surface area contributed by atoms with E-state index in [4.69, 9.17) is 19.0 Å². The molecule has 2 heterocycles. The van der Waals surface area contributed by atoms with Gasteiger partial charge in [0.2, 0.25) is 11.4 Å². The third kappa shape index (κ3) is 4.05. The van der Waals surface area contributed by atoms with Gasteiger partial charge in [-0.15, -0.1) is 0 Å². The lowest BCUT2D eigenvalue weighted by molar-refractivity contribution is -0.193. The average Bonchev–Trinajstić information content (AvgIpc) is 3.16. The average molecular weight is 420 g/mol. The number of hydroxylamine groups is 2. The predicted octanol–water partition coefficient (Wildman–Crippen LogP) is 1.75. The summed E-state index contributed by atoms with van der Waals surface area (Å²) in [4.78, 5) is 45.9. The number of methoxy groups -OCH3 is 1. The number of imide groups is 1. The van der Waals surface area contributed by atoms with Crippen LogP contribution < -0.4 is 0 Å². The SMILES string of the molecule is COC(=O)[C@@]1(COCc2ccccc2)[C@@H]2ON(C)C[C@@H]2C(=O)N1C(=O)OC(C)(C)C. The fourth-order valence-corrected chi connectivity index (χ4v) is 3.85. The van der Waals surface area contributed by atoms with Crippen LogP contribution in [0.2, 0.25) is 0 Å². The van der Waals surface area contributed by atoms with E-state index in [0.717, 1.165) is 10.5 Å². The maximum Gasteiger partial charge on any atom is 0.418 e. The van der Waals surface area contributed by atoms with Gasteiger partial charge in [-0.1, -0.05) is 30.3 Å². The minimum atomic E-state index is -1.79. The number of hydrogen-bond acceptors (Lipinski definition) is 8. The Kier molecular flexibility index (Phi) is 6.16. The number of carbonyl (C=O) groups is 3. The monoisotopic (exact) mass is 420 g/mol. The van der Waals surface area contributed by atoms with Crippen molar-refractivity contribution in [3.63, 3.8) is 0 Å². The van der Waals surface area contributed by atoms with Crippen LogP contribution in [0.3, 0.4) is 0 Å². The first-order valence-electron chi connectivity index (χ1n) is 9.75. The Morgan fingerprint density at radius 3 is 2.50 bits per heavy atom. The van der Waals surface area contributed by atoms with E-state index in [-0.39, 0.29) is 19.8 Å². The molecule has 164 valence electrons. The van der Waals surface area contributed by atoms with Gasteiger partial charge < -0.3 is 14.2 Å².